The van der Waals surface area contributed by atoms with Crippen LogP contribution in [0.15, 0.2) is 48.5 Å². The SMILES string of the molecule is COc1cccc(-c2n[nH]c(=S)n2-c2ccc(C)cc2)c1. The monoisotopic (exact) mass is 297 g/mol. The minimum atomic E-state index is 0.566. The van der Waals surface area contributed by atoms with E-state index < -0.39 is 0 Å². The fourth-order valence-corrected chi connectivity index (χ4v) is 2.42. The molecule has 0 radical (unpaired) electrons. The number of aromatic amines is 1. The quantitative estimate of drug-likeness (QED) is 0.745. The van der Waals surface area contributed by atoms with Gasteiger partial charge in [0.2, 0.25) is 0 Å². The molecule has 0 saturated carbocycles. The molecule has 0 aliphatic carbocycles. The maximum Gasteiger partial charge on any atom is 0.200 e. The van der Waals surface area contributed by atoms with Crippen molar-refractivity contribution in [2.24, 2.45) is 0 Å². The molecule has 2 aromatic carbocycles. The van der Waals surface area contributed by atoms with Crippen molar-refractivity contribution in [3.63, 3.8) is 0 Å². The summed E-state index contributed by atoms with van der Waals surface area (Å²) in [5.41, 5.74) is 3.14. The summed E-state index contributed by atoms with van der Waals surface area (Å²) in [6.07, 6.45) is 0. The molecule has 5 heteroatoms. The molecule has 0 fully saturated rings. The van der Waals surface area contributed by atoms with Crippen molar-refractivity contribution in [3.05, 3.63) is 58.9 Å². The zero-order valence-corrected chi connectivity index (χ0v) is 12.6. The number of aromatic nitrogens is 3. The van der Waals surface area contributed by atoms with Crippen molar-refractivity contribution in [2.45, 2.75) is 6.92 Å². The first kappa shape index (κ1) is 13.6. The number of nitrogens with one attached hydrogen (secondary N) is 1. The molecule has 0 amide bonds. The summed E-state index contributed by atoms with van der Waals surface area (Å²) in [6, 6.07) is 15.9. The second-order valence-electron chi connectivity index (χ2n) is 4.76. The molecule has 3 rings (SSSR count). The van der Waals surface area contributed by atoms with Crippen molar-refractivity contribution in [3.8, 4) is 22.8 Å². The van der Waals surface area contributed by atoms with Crippen molar-refractivity contribution < 1.29 is 4.74 Å². The largest absolute Gasteiger partial charge is 0.497 e. The van der Waals surface area contributed by atoms with Gasteiger partial charge in [-0.25, -0.2) is 0 Å². The summed E-state index contributed by atoms with van der Waals surface area (Å²) in [5, 5.41) is 7.21. The molecule has 0 aliphatic heterocycles. The lowest BCUT2D eigenvalue weighted by Crippen LogP contribution is -1.98. The maximum absolute atomic E-state index is 5.36. The number of aryl methyl sites for hydroxylation is 1. The van der Waals surface area contributed by atoms with E-state index in [1.165, 1.54) is 5.56 Å². The van der Waals surface area contributed by atoms with Crippen LogP contribution >= 0.6 is 12.2 Å². The molecule has 4 nitrogen and oxygen atoms in total. The number of ether oxygens (including phenoxy) is 1. The van der Waals surface area contributed by atoms with Gasteiger partial charge in [0.25, 0.3) is 0 Å². The molecular weight excluding hydrogens is 282 g/mol. The standard InChI is InChI=1S/C16H15N3OS/c1-11-6-8-13(9-7-11)19-15(17-18-16(19)21)12-4-3-5-14(10-12)20-2/h3-10H,1-2H3,(H,18,21). The van der Waals surface area contributed by atoms with Gasteiger partial charge in [-0.15, -0.1) is 0 Å². The van der Waals surface area contributed by atoms with E-state index in [9.17, 15) is 0 Å². The van der Waals surface area contributed by atoms with E-state index in [0.29, 0.717) is 4.77 Å². The van der Waals surface area contributed by atoms with Crippen LogP contribution in [0.1, 0.15) is 5.56 Å². The summed E-state index contributed by atoms with van der Waals surface area (Å²) < 4.78 is 7.76. The predicted molar refractivity (Wildman–Crippen MR) is 85.5 cm³/mol. The Hall–Kier alpha value is -2.40. The van der Waals surface area contributed by atoms with E-state index in [1.54, 1.807) is 7.11 Å². The van der Waals surface area contributed by atoms with Crippen molar-refractivity contribution in [2.75, 3.05) is 7.11 Å². The molecule has 106 valence electrons. The van der Waals surface area contributed by atoms with E-state index in [-0.39, 0.29) is 0 Å². The third-order valence-corrected chi connectivity index (χ3v) is 3.57. The molecule has 0 bridgehead atoms. The summed E-state index contributed by atoms with van der Waals surface area (Å²) in [7, 11) is 1.65. The van der Waals surface area contributed by atoms with Gasteiger partial charge in [0.05, 0.1) is 7.11 Å². The minimum absolute atomic E-state index is 0.566. The first-order valence-electron chi connectivity index (χ1n) is 6.58. The molecule has 1 heterocycles. The highest BCUT2D eigenvalue weighted by Crippen LogP contribution is 2.25. The molecule has 0 spiro atoms. The second-order valence-corrected chi connectivity index (χ2v) is 5.14. The highest BCUT2D eigenvalue weighted by Gasteiger charge is 2.11. The third-order valence-electron chi connectivity index (χ3n) is 3.29. The topological polar surface area (TPSA) is 42.8 Å². The Kier molecular flexibility index (Phi) is 3.58. The summed E-state index contributed by atoms with van der Waals surface area (Å²) in [5.74, 6) is 1.56. The predicted octanol–water partition coefficient (Wildman–Crippen LogP) is 3.91. The number of hydrogen-bond acceptors (Lipinski definition) is 3. The Balaban J connectivity index is 2.16. The first-order valence-corrected chi connectivity index (χ1v) is 6.99. The summed E-state index contributed by atoms with van der Waals surface area (Å²) >= 11 is 5.36. The Morgan fingerprint density at radius 2 is 1.90 bits per heavy atom. The van der Waals surface area contributed by atoms with Crippen molar-refractivity contribution in [1.82, 2.24) is 14.8 Å². The van der Waals surface area contributed by atoms with E-state index in [1.807, 2.05) is 41.0 Å². The van der Waals surface area contributed by atoms with Gasteiger partial charge in [0, 0.05) is 11.3 Å². The average molecular weight is 297 g/mol. The highest BCUT2D eigenvalue weighted by atomic mass is 32.1. The van der Waals surface area contributed by atoms with Crippen molar-refractivity contribution >= 4 is 12.2 Å². The number of hydrogen-bond donors (Lipinski definition) is 1. The number of benzene rings is 2. The maximum atomic E-state index is 5.36. The molecule has 3 aromatic rings. The number of nitrogens with zero attached hydrogens (tertiary/aromatic N) is 2. The molecule has 0 aliphatic rings. The van der Waals surface area contributed by atoms with Crippen molar-refractivity contribution in [1.29, 1.82) is 0 Å². The van der Waals surface area contributed by atoms with Crippen LogP contribution in [0.25, 0.3) is 17.1 Å². The average Bonchev–Trinajstić information content (AvgIpc) is 2.90. The highest BCUT2D eigenvalue weighted by molar-refractivity contribution is 7.71. The van der Waals surface area contributed by atoms with Gasteiger partial charge < -0.3 is 4.74 Å². The van der Waals surface area contributed by atoms with Crippen LogP contribution in [0.5, 0.6) is 5.75 Å². The first-order chi connectivity index (χ1) is 10.2. The molecule has 0 unspecified atom stereocenters. The van der Waals surface area contributed by atoms with E-state index in [0.717, 1.165) is 22.8 Å². The lowest BCUT2D eigenvalue weighted by atomic mass is 10.2. The fourth-order valence-electron chi connectivity index (χ4n) is 2.19. The minimum Gasteiger partial charge on any atom is -0.497 e. The lowest BCUT2D eigenvalue weighted by Gasteiger charge is -2.08. The molecule has 1 N–H and O–H groups in total. The van der Waals surface area contributed by atoms with Crippen LogP contribution in [0.3, 0.4) is 0 Å². The zero-order chi connectivity index (χ0) is 14.8. The van der Waals surface area contributed by atoms with Gasteiger partial charge in [0.15, 0.2) is 10.6 Å². The fraction of sp³-hybridized carbons (Fsp3) is 0.125. The van der Waals surface area contributed by atoms with Crippen LogP contribution in [0, 0.1) is 11.7 Å². The number of methoxy groups -OCH3 is 1. The van der Waals surface area contributed by atoms with Crippen LogP contribution in [-0.2, 0) is 0 Å². The van der Waals surface area contributed by atoms with Crippen LogP contribution in [0.4, 0.5) is 0 Å². The Morgan fingerprint density at radius 3 is 2.62 bits per heavy atom. The molecule has 0 atom stereocenters. The molecule has 0 saturated heterocycles. The molecular formula is C16H15N3OS. The Morgan fingerprint density at radius 1 is 1.14 bits per heavy atom. The van der Waals surface area contributed by atoms with Gasteiger partial charge in [-0.1, -0.05) is 29.8 Å². The van der Waals surface area contributed by atoms with Crippen LogP contribution in [0.2, 0.25) is 0 Å². The Bertz CT molecular complexity index is 818. The molecule has 1 aromatic heterocycles. The number of rotatable bonds is 3. The van der Waals surface area contributed by atoms with E-state index >= 15 is 0 Å². The third kappa shape index (κ3) is 2.60. The van der Waals surface area contributed by atoms with Crippen LogP contribution in [-0.4, -0.2) is 21.9 Å². The van der Waals surface area contributed by atoms with Gasteiger partial charge in [-0.2, -0.15) is 5.10 Å². The van der Waals surface area contributed by atoms with Gasteiger partial charge in [-0.3, -0.25) is 9.67 Å². The number of H-pyrrole nitrogens is 1. The second kappa shape index (κ2) is 5.54. The molecule has 21 heavy (non-hydrogen) atoms. The van der Waals surface area contributed by atoms with E-state index in [4.69, 9.17) is 17.0 Å². The van der Waals surface area contributed by atoms with Gasteiger partial charge in [0.1, 0.15) is 5.75 Å². The lowest BCUT2D eigenvalue weighted by molar-refractivity contribution is 0.415. The smallest absolute Gasteiger partial charge is 0.200 e. The summed E-state index contributed by atoms with van der Waals surface area (Å²) in [6.45, 7) is 2.06. The van der Waals surface area contributed by atoms with Gasteiger partial charge in [-0.05, 0) is 43.4 Å². The summed E-state index contributed by atoms with van der Waals surface area (Å²) in [4.78, 5) is 0. The zero-order valence-electron chi connectivity index (χ0n) is 11.8. The van der Waals surface area contributed by atoms with E-state index in [2.05, 4.69) is 29.3 Å². The normalized spacial score (nSPS) is 10.6. The van der Waals surface area contributed by atoms with Crippen LogP contribution < -0.4 is 4.74 Å². The van der Waals surface area contributed by atoms with Gasteiger partial charge >= 0.3 is 0 Å². The Labute approximate surface area is 128 Å².